The Balaban J connectivity index is 4.76. The monoisotopic (exact) mass is 199 g/mol. The van der Waals surface area contributed by atoms with Gasteiger partial charge in [0.2, 0.25) is 0 Å². The minimum atomic E-state index is -0.349. The first-order chi connectivity index (χ1) is 6.49. The average molecular weight is 199 g/mol. The molecule has 2 heteroatoms. The van der Waals surface area contributed by atoms with E-state index in [1.165, 1.54) is 0 Å². The molecule has 0 radical (unpaired) electrons. The van der Waals surface area contributed by atoms with Crippen molar-refractivity contribution in [1.82, 2.24) is 0 Å². The molecule has 2 nitrogen and oxygen atoms in total. The van der Waals surface area contributed by atoms with Crippen LogP contribution in [0.25, 0.3) is 0 Å². The lowest BCUT2D eigenvalue weighted by Gasteiger charge is -2.40. The summed E-state index contributed by atoms with van der Waals surface area (Å²) in [4.78, 5) is 11.1. The molecule has 14 heavy (non-hydrogen) atoms. The third-order valence-corrected chi connectivity index (χ3v) is 3.85. The Bertz CT molecular complexity index is 177. The smallest absolute Gasteiger partial charge is 0.107 e. The van der Waals surface area contributed by atoms with E-state index in [-0.39, 0.29) is 11.0 Å². The van der Waals surface area contributed by atoms with Crippen molar-refractivity contribution in [3.05, 3.63) is 4.91 Å². The SMILES string of the molecule is CCCCC(CC)(N=O)C(C)(C)CC. The predicted octanol–water partition coefficient (Wildman–Crippen LogP) is 4.53. The van der Waals surface area contributed by atoms with Crippen molar-refractivity contribution in [2.24, 2.45) is 10.6 Å². The first-order valence-electron chi connectivity index (χ1n) is 5.84. The second kappa shape index (κ2) is 5.47. The number of hydrogen-bond acceptors (Lipinski definition) is 2. The standard InChI is InChI=1S/C12H25NO/c1-6-9-10-12(8-3,13-14)11(4,5)7-2/h6-10H2,1-5H3. The van der Waals surface area contributed by atoms with E-state index in [4.69, 9.17) is 0 Å². The van der Waals surface area contributed by atoms with Gasteiger partial charge in [-0.2, -0.15) is 4.91 Å². The van der Waals surface area contributed by atoms with Crippen molar-refractivity contribution in [2.75, 3.05) is 0 Å². The Kier molecular flexibility index (Phi) is 5.32. The summed E-state index contributed by atoms with van der Waals surface area (Å²) in [6, 6.07) is 0. The van der Waals surface area contributed by atoms with Crippen LogP contribution in [0.3, 0.4) is 0 Å². The molecule has 0 amide bonds. The summed E-state index contributed by atoms with van der Waals surface area (Å²) < 4.78 is 0. The molecule has 0 saturated heterocycles. The number of nitrogens with zero attached hydrogens (tertiary/aromatic N) is 1. The van der Waals surface area contributed by atoms with E-state index >= 15 is 0 Å². The highest BCUT2D eigenvalue weighted by Crippen LogP contribution is 2.43. The first kappa shape index (κ1) is 13.6. The molecule has 0 aliphatic rings. The molecule has 1 unspecified atom stereocenters. The largest absolute Gasteiger partial charge is 0.150 e. The van der Waals surface area contributed by atoms with Gasteiger partial charge in [0.1, 0.15) is 5.54 Å². The van der Waals surface area contributed by atoms with E-state index in [1.807, 2.05) is 0 Å². The summed E-state index contributed by atoms with van der Waals surface area (Å²) >= 11 is 0. The molecule has 0 heterocycles. The molecular weight excluding hydrogens is 174 g/mol. The van der Waals surface area contributed by atoms with Gasteiger partial charge in [0.15, 0.2) is 0 Å². The van der Waals surface area contributed by atoms with Gasteiger partial charge >= 0.3 is 0 Å². The fourth-order valence-corrected chi connectivity index (χ4v) is 2.03. The average Bonchev–Trinajstić information content (AvgIpc) is 2.20. The van der Waals surface area contributed by atoms with Gasteiger partial charge in [0.25, 0.3) is 0 Å². The Morgan fingerprint density at radius 3 is 1.93 bits per heavy atom. The molecule has 0 saturated carbocycles. The summed E-state index contributed by atoms with van der Waals surface area (Å²) in [5, 5.41) is 3.47. The van der Waals surface area contributed by atoms with Crippen molar-refractivity contribution < 1.29 is 0 Å². The fourth-order valence-electron chi connectivity index (χ4n) is 2.03. The highest BCUT2D eigenvalue weighted by molar-refractivity contribution is 4.98. The van der Waals surface area contributed by atoms with E-state index in [0.717, 1.165) is 32.1 Å². The van der Waals surface area contributed by atoms with Crippen LogP contribution in [0.15, 0.2) is 5.18 Å². The van der Waals surface area contributed by atoms with Gasteiger partial charge in [0.05, 0.1) is 0 Å². The highest BCUT2D eigenvalue weighted by Gasteiger charge is 2.43. The molecule has 0 spiro atoms. The topological polar surface area (TPSA) is 29.4 Å². The van der Waals surface area contributed by atoms with Crippen LogP contribution in [0, 0.1) is 10.3 Å². The highest BCUT2D eigenvalue weighted by atomic mass is 16.3. The van der Waals surface area contributed by atoms with Crippen LogP contribution in [0.1, 0.15) is 66.7 Å². The van der Waals surface area contributed by atoms with Gasteiger partial charge in [-0.3, -0.25) is 0 Å². The summed E-state index contributed by atoms with van der Waals surface area (Å²) in [6.07, 6.45) is 5.04. The molecule has 0 aromatic heterocycles. The molecule has 0 aliphatic carbocycles. The molecule has 0 aliphatic heterocycles. The maximum atomic E-state index is 11.1. The van der Waals surface area contributed by atoms with Crippen LogP contribution in [-0.4, -0.2) is 5.54 Å². The van der Waals surface area contributed by atoms with Crippen molar-refractivity contribution >= 4 is 0 Å². The quantitative estimate of drug-likeness (QED) is 0.554. The minimum absolute atomic E-state index is 0.0265. The van der Waals surface area contributed by atoms with E-state index in [9.17, 15) is 4.91 Å². The van der Waals surface area contributed by atoms with E-state index in [0.29, 0.717) is 0 Å². The van der Waals surface area contributed by atoms with Crippen LogP contribution >= 0.6 is 0 Å². The Morgan fingerprint density at radius 2 is 1.64 bits per heavy atom. The molecule has 84 valence electrons. The van der Waals surface area contributed by atoms with Crippen LogP contribution in [-0.2, 0) is 0 Å². The minimum Gasteiger partial charge on any atom is -0.150 e. The third kappa shape index (κ3) is 2.55. The third-order valence-electron chi connectivity index (χ3n) is 3.85. The summed E-state index contributed by atoms with van der Waals surface area (Å²) in [6.45, 7) is 10.7. The first-order valence-corrected chi connectivity index (χ1v) is 5.84. The summed E-state index contributed by atoms with van der Waals surface area (Å²) in [5.74, 6) is 0. The van der Waals surface area contributed by atoms with Crippen LogP contribution in [0.2, 0.25) is 0 Å². The van der Waals surface area contributed by atoms with Gasteiger partial charge in [-0.15, -0.1) is 0 Å². The van der Waals surface area contributed by atoms with Crippen LogP contribution in [0.5, 0.6) is 0 Å². The zero-order chi connectivity index (χ0) is 11.2. The zero-order valence-electron chi connectivity index (χ0n) is 10.4. The molecule has 0 N–H and O–H groups in total. The lowest BCUT2D eigenvalue weighted by atomic mass is 9.67. The molecule has 0 aromatic rings. The normalized spacial score (nSPS) is 16.4. The van der Waals surface area contributed by atoms with Gasteiger partial charge in [-0.25, -0.2) is 0 Å². The van der Waals surface area contributed by atoms with E-state index in [2.05, 4.69) is 39.8 Å². The Morgan fingerprint density at radius 1 is 1.07 bits per heavy atom. The van der Waals surface area contributed by atoms with Crippen molar-refractivity contribution in [3.63, 3.8) is 0 Å². The second-order valence-electron chi connectivity index (χ2n) is 4.82. The van der Waals surface area contributed by atoms with Crippen molar-refractivity contribution in [2.45, 2.75) is 72.3 Å². The predicted molar refractivity (Wildman–Crippen MR) is 62.4 cm³/mol. The number of nitroso groups, excluding NO2 is 1. The number of hydrogen-bond donors (Lipinski definition) is 0. The van der Waals surface area contributed by atoms with Gasteiger partial charge in [-0.1, -0.05) is 52.6 Å². The van der Waals surface area contributed by atoms with E-state index in [1.54, 1.807) is 0 Å². The Labute approximate surface area is 88.4 Å². The molecule has 1 atom stereocenters. The van der Waals surface area contributed by atoms with Crippen LogP contribution < -0.4 is 0 Å². The maximum absolute atomic E-state index is 11.1. The lowest BCUT2D eigenvalue weighted by molar-refractivity contribution is 0.137. The second-order valence-corrected chi connectivity index (χ2v) is 4.82. The molecule has 0 rings (SSSR count). The van der Waals surface area contributed by atoms with Gasteiger partial charge in [-0.05, 0) is 24.7 Å². The fraction of sp³-hybridized carbons (Fsp3) is 1.00. The molecular formula is C12H25NO. The van der Waals surface area contributed by atoms with Crippen molar-refractivity contribution in [3.8, 4) is 0 Å². The summed E-state index contributed by atoms with van der Waals surface area (Å²) in [5.41, 5.74) is -0.323. The number of rotatable bonds is 7. The Hall–Kier alpha value is -0.400. The van der Waals surface area contributed by atoms with Gasteiger partial charge in [0, 0.05) is 0 Å². The summed E-state index contributed by atoms with van der Waals surface area (Å²) in [7, 11) is 0. The van der Waals surface area contributed by atoms with E-state index < -0.39 is 0 Å². The van der Waals surface area contributed by atoms with Crippen molar-refractivity contribution in [1.29, 1.82) is 0 Å². The van der Waals surface area contributed by atoms with Crippen LogP contribution in [0.4, 0.5) is 0 Å². The number of unbranched alkanes of at least 4 members (excludes halogenated alkanes) is 1. The zero-order valence-corrected chi connectivity index (χ0v) is 10.4. The molecule has 0 bridgehead atoms. The maximum Gasteiger partial charge on any atom is 0.107 e. The lowest BCUT2D eigenvalue weighted by Crippen LogP contribution is -2.41. The molecule has 0 fully saturated rings. The van der Waals surface area contributed by atoms with Gasteiger partial charge < -0.3 is 0 Å². The molecule has 0 aromatic carbocycles.